The maximum atomic E-state index is 11.6. The molecule has 0 saturated heterocycles. The van der Waals surface area contributed by atoms with Gasteiger partial charge < -0.3 is 4.90 Å². The van der Waals surface area contributed by atoms with E-state index < -0.39 is 0 Å². The molecule has 0 bridgehead atoms. The second kappa shape index (κ2) is 2.70. The Morgan fingerprint density at radius 2 is 2.23 bits per heavy atom. The highest BCUT2D eigenvalue weighted by Crippen LogP contribution is 2.30. The fraction of sp³-hybridized carbons (Fsp3) is 0.333. The van der Waals surface area contributed by atoms with Gasteiger partial charge in [-0.1, -0.05) is 11.6 Å². The SMILES string of the molecule is CC1c2nc(Cl)ccc2C(=O)N1C. The highest BCUT2D eigenvalue weighted by atomic mass is 35.5. The summed E-state index contributed by atoms with van der Waals surface area (Å²) < 4.78 is 0. The van der Waals surface area contributed by atoms with Crippen LogP contribution in [-0.4, -0.2) is 22.8 Å². The number of hydrogen-bond donors (Lipinski definition) is 0. The largest absolute Gasteiger partial charge is 0.333 e. The molecule has 13 heavy (non-hydrogen) atoms. The monoisotopic (exact) mass is 196 g/mol. The quantitative estimate of drug-likeness (QED) is 0.594. The van der Waals surface area contributed by atoms with Gasteiger partial charge in [0.1, 0.15) is 5.15 Å². The smallest absolute Gasteiger partial charge is 0.256 e. The minimum absolute atomic E-state index is 0.0201. The standard InChI is InChI=1S/C9H9ClN2O/c1-5-8-6(9(13)12(5)2)3-4-7(10)11-8/h3-5H,1-2H3. The summed E-state index contributed by atoms with van der Waals surface area (Å²) in [6, 6.07) is 3.40. The number of halogens is 1. The Labute approximate surface area is 81.3 Å². The van der Waals surface area contributed by atoms with Crippen LogP contribution in [0.3, 0.4) is 0 Å². The Morgan fingerprint density at radius 3 is 2.92 bits per heavy atom. The number of carbonyl (C=O) groups is 1. The molecule has 68 valence electrons. The minimum Gasteiger partial charge on any atom is -0.333 e. The molecular formula is C9H9ClN2O. The number of hydrogen-bond acceptors (Lipinski definition) is 2. The van der Waals surface area contributed by atoms with Gasteiger partial charge in [-0.05, 0) is 19.1 Å². The van der Waals surface area contributed by atoms with Crippen molar-refractivity contribution in [3.63, 3.8) is 0 Å². The van der Waals surface area contributed by atoms with Crippen LogP contribution >= 0.6 is 11.6 Å². The average molecular weight is 197 g/mol. The van der Waals surface area contributed by atoms with E-state index in [-0.39, 0.29) is 11.9 Å². The molecule has 0 N–H and O–H groups in total. The van der Waals surface area contributed by atoms with E-state index in [1.807, 2.05) is 6.92 Å². The Bertz CT molecular complexity index is 378. The summed E-state index contributed by atoms with van der Waals surface area (Å²) in [4.78, 5) is 17.4. The lowest BCUT2D eigenvalue weighted by Crippen LogP contribution is -2.20. The number of pyridine rings is 1. The van der Waals surface area contributed by atoms with Crippen LogP contribution in [0.1, 0.15) is 29.0 Å². The van der Waals surface area contributed by atoms with Crippen molar-refractivity contribution in [3.8, 4) is 0 Å². The first kappa shape index (κ1) is 8.51. The van der Waals surface area contributed by atoms with Crippen molar-refractivity contribution in [2.75, 3.05) is 7.05 Å². The number of aromatic nitrogens is 1. The second-order valence-corrected chi connectivity index (χ2v) is 3.55. The first-order valence-corrected chi connectivity index (χ1v) is 4.42. The average Bonchev–Trinajstić information content (AvgIpc) is 2.32. The Balaban J connectivity index is 2.60. The van der Waals surface area contributed by atoms with Gasteiger partial charge in [0.25, 0.3) is 5.91 Å². The number of carbonyl (C=O) groups excluding carboxylic acids is 1. The molecule has 2 rings (SSSR count). The molecule has 0 aromatic carbocycles. The van der Waals surface area contributed by atoms with Gasteiger partial charge in [-0.2, -0.15) is 0 Å². The lowest BCUT2D eigenvalue weighted by molar-refractivity contribution is 0.0783. The van der Waals surface area contributed by atoms with E-state index >= 15 is 0 Å². The first-order valence-electron chi connectivity index (χ1n) is 4.05. The van der Waals surface area contributed by atoms with Gasteiger partial charge in [-0.25, -0.2) is 4.98 Å². The number of rotatable bonds is 0. The van der Waals surface area contributed by atoms with Crippen molar-refractivity contribution in [3.05, 3.63) is 28.5 Å². The summed E-state index contributed by atoms with van der Waals surface area (Å²) in [5.74, 6) is 0.0201. The van der Waals surface area contributed by atoms with Crippen molar-refractivity contribution in [2.45, 2.75) is 13.0 Å². The predicted molar refractivity (Wildman–Crippen MR) is 49.8 cm³/mol. The molecule has 0 spiro atoms. The topological polar surface area (TPSA) is 33.2 Å². The molecule has 1 unspecified atom stereocenters. The lowest BCUT2D eigenvalue weighted by Gasteiger charge is -2.13. The molecule has 2 heterocycles. The molecule has 1 aliphatic heterocycles. The summed E-state index contributed by atoms with van der Waals surface area (Å²) >= 11 is 5.74. The van der Waals surface area contributed by atoms with E-state index in [0.717, 1.165) is 5.69 Å². The fourth-order valence-electron chi connectivity index (χ4n) is 1.50. The summed E-state index contributed by atoms with van der Waals surface area (Å²) in [7, 11) is 1.77. The minimum atomic E-state index is 0.0201. The zero-order chi connectivity index (χ0) is 9.59. The van der Waals surface area contributed by atoms with E-state index in [2.05, 4.69) is 4.98 Å². The first-order chi connectivity index (χ1) is 6.11. The van der Waals surface area contributed by atoms with Gasteiger partial charge in [-0.3, -0.25) is 4.79 Å². The van der Waals surface area contributed by atoms with E-state index in [0.29, 0.717) is 10.7 Å². The highest BCUT2D eigenvalue weighted by Gasteiger charge is 2.32. The van der Waals surface area contributed by atoms with Crippen LogP contribution < -0.4 is 0 Å². The fourth-order valence-corrected chi connectivity index (χ4v) is 1.65. The molecule has 4 heteroatoms. The summed E-state index contributed by atoms with van der Waals surface area (Å²) in [5, 5.41) is 0.439. The van der Waals surface area contributed by atoms with Crippen LogP contribution in [0.5, 0.6) is 0 Å². The number of fused-ring (bicyclic) bond motifs is 1. The zero-order valence-corrected chi connectivity index (χ0v) is 8.17. The summed E-state index contributed by atoms with van der Waals surface area (Å²) in [6.45, 7) is 1.94. The van der Waals surface area contributed by atoms with E-state index in [4.69, 9.17) is 11.6 Å². The molecular weight excluding hydrogens is 188 g/mol. The van der Waals surface area contributed by atoms with E-state index in [1.165, 1.54) is 0 Å². The zero-order valence-electron chi connectivity index (χ0n) is 7.41. The molecule has 0 aliphatic carbocycles. The van der Waals surface area contributed by atoms with Crippen LogP contribution in [0.25, 0.3) is 0 Å². The van der Waals surface area contributed by atoms with Crippen molar-refractivity contribution in [2.24, 2.45) is 0 Å². The molecule has 1 atom stereocenters. The third kappa shape index (κ3) is 1.11. The maximum Gasteiger partial charge on any atom is 0.256 e. The van der Waals surface area contributed by atoms with Crippen molar-refractivity contribution in [1.82, 2.24) is 9.88 Å². The molecule has 1 amide bonds. The van der Waals surface area contributed by atoms with Gasteiger partial charge in [0.15, 0.2) is 0 Å². The maximum absolute atomic E-state index is 11.6. The van der Waals surface area contributed by atoms with Gasteiger partial charge >= 0.3 is 0 Å². The lowest BCUT2D eigenvalue weighted by atomic mass is 10.2. The Morgan fingerprint density at radius 1 is 1.54 bits per heavy atom. The number of amides is 1. The Hall–Kier alpha value is -1.09. The van der Waals surface area contributed by atoms with Crippen LogP contribution in [0.15, 0.2) is 12.1 Å². The third-order valence-electron chi connectivity index (χ3n) is 2.42. The van der Waals surface area contributed by atoms with E-state index in [1.54, 1.807) is 24.1 Å². The highest BCUT2D eigenvalue weighted by molar-refractivity contribution is 6.29. The summed E-state index contributed by atoms with van der Waals surface area (Å²) in [6.07, 6.45) is 0. The molecule has 1 aliphatic rings. The van der Waals surface area contributed by atoms with Gasteiger partial charge in [0, 0.05) is 7.05 Å². The van der Waals surface area contributed by atoms with Crippen LogP contribution in [0, 0.1) is 0 Å². The van der Waals surface area contributed by atoms with Crippen LogP contribution in [0.4, 0.5) is 0 Å². The Kier molecular flexibility index (Phi) is 1.77. The van der Waals surface area contributed by atoms with Crippen LogP contribution in [0.2, 0.25) is 5.15 Å². The van der Waals surface area contributed by atoms with Crippen molar-refractivity contribution < 1.29 is 4.79 Å². The third-order valence-corrected chi connectivity index (χ3v) is 2.63. The second-order valence-electron chi connectivity index (χ2n) is 3.16. The molecule has 1 aromatic heterocycles. The molecule has 0 fully saturated rings. The number of nitrogens with zero attached hydrogens (tertiary/aromatic N) is 2. The predicted octanol–water partition coefficient (Wildman–Crippen LogP) is 1.88. The molecule has 0 saturated carbocycles. The summed E-state index contributed by atoms with van der Waals surface area (Å²) in [5.41, 5.74) is 1.44. The molecule has 1 aromatic rings. The van der Waals surface area contributed by atoms with Crippen molar-refractivity contribution >= 4 is 17.5 Å². The van der Waals surface area contributed by atoms with Gasteiger partial charge in [0.05, 0.1) is 17.3 Å². The van der Waals surface area contributed by atoms with Gasteiger partial charge in [-0.15, -0.1) is 0 Å². The van der Waals surface area contributed by atoms with Crippen molar-refractivity contribution in [1.29, 1.82) is 0 Å². The molecule has 3 nitrogen and oxygen atoms in total. The normalized spacial score (nSPS) is 20.7. The van der Waals surface area contributed by atoms with E-state index in [9.17, 15) is 4.79 Å². The van der Waals surface area contributed by atoms with Crippen LogP contribution in [-0.2, 0) is 0 Å². The molecule has 0 radical (unpaired) electrons. The van der Waals surface area contributed by atoms with Gasteiger partial charge in [0.2, 0.25) is 0 Å².